The predicted molar refractivity (Wildman–Crippen MR) is 98.4 cm³/mol. The van der Waals surface area contributed by atoms with Gasteiger partial charge in [-0.3, -0.25) is 9.69 Å². The van der Waals surface area contributed by atoms with Crippen molar-refractivity contribution in [2.24, 2.45) is 0 Å². The second-order valence-corrected chi connectivity index (χ2v) is 6.89. The van der Waals surface area contributed by atoms with Crippen molar-refractivity contribution < 1.29 is 19.4 Å². The number of rotatable bonds is 5. The van der Waals surface area contributed by atoms with Crippen LogP contribution in [0.15, 0.2) is 40.9 Å². The zero-order valence-electron chi connectivity index (χ0n) is 14.2. The van der Waals surface area contributed by atoms with Crippen molar-refractivity contribution in [1.29, 1.82) is 0 Å². The van der Waals surface area contributed by atoms with Gasteiger partial charge in [0.1, 0.15) is 0 Å². The maximum absolute atomic E-state index is 11.3. The molecular formula is C19H20BrNO4. The fourth-order valence-electron chi connectivity index (χ4n) is 3.38. The fourth-order valence-corrected chi connectivity index (χ4v) is 3.64. The lowest BCUT2D eigenvalue weighted by Gasteiger charge is -2.37. The molecule has 0 aromatic heterocycles. The molecule has 132 valence electrons. The quantitative estimate of drug-likeness (QED) is 0.824. The van der Waals surface area contributed by atoms with Gasteiger partial charge in [-0.25, -0.2) is 0 Å². The zero-order valence-corrected chi connectivity index (χ0v) is 15.7. The van der Waals surface area contributed by atoms with Crippen molar-refractivity contribution in [2.45, 2.75) is 12.5 Å². The summed E-state index contributed by atoms with van der Waals surface area (Å²) in [6.07, 6.45) is 0.774. The van der Waals surface area contributed by atoms with Crippen molar-refractivity contribution in [3.05, 3.63) is 57.6 Å². The number of methoxy groups -OCH3 is 2. The summed E-state index contributed by atoms with van der Waals surface area (Å²) >= 11 is 3.45. The van der Waals surface area contributed by atoms with Crippen LogP contribution in [0.1, 0.15) is 22.7 Å². The predicted octanol–water partition coefficient (Wildman–Crippen LogP) is 3.50. The van der Waals surface area contributed by atoms with Crippen LogP contribution < -0.4 is 9.47 Å². The molecule has 0 fully saturated rings. The second kappa shape index (κ2) is 7.45. The van der Waals surface area contributed by atoms with Crippen LogP contribution in [0.2, 0.25) is 0 Å². The normalized spacial score (nSPS) is 17.0. The lowest BCUT2D eigenvalue weighted by atomic mass is 9.87. The van der Waals surface area contributed by atoms with Gasteiger partial charge in [0.05, 0.1) is 26.8 Å². The Morgan fingerprint density at radius 3 is 2.44 bits per heavy atom. The Labute approximate surface area is 155 Å². The Morgan fingerprint density at radius 2 is 1.84 bits per heavy atom. The lowest BCUT2D eigenvalue weighted by Crippen LogP contribution is -2.39. The largest absolute Gasteiger partial charge is 0.493 e. The number of fused-ring (bicyclic) bond motifs is 1. The van der Waals surface area contributed by atoms with Gasteiger partial charge >= 0.3 is 5.97 Å². The summed E-state index contributed by atoms with van der Waals surface area (Å²) in [5.74, 6) is 0.522. The van der Waals surface area contributed by atoms with Crippen molar-refractivity contribution in [3.63, 3.8) is 0 Å². The molecule has 25 heavy (non-hydrogen) atoms. The molecule has 5 nitrogen and oxygen atoms in total. The molecule has 2 aromatic rings. The van der Waals surface area contributed by atoms with Crippen LogP contribution in [-0.2, 0) is 11.2 Å². The van der Waals surface area contributed by atoms with Crippen LogP contribution in [0.4, 0.5) is 0 Å². The van der Waals surface area contributed by atoms with E-state index in [1.165, 1.54) is 0 Å². The molecule has 1 atom stereocenters. The number of benzene rings is 2. The molecule has 2 aromatic carbocycles. The molecule has 6 heteroatoms. The number of carboxylic acid groups (broad SMARTS) is 1. The Morgan fingerprint density at radius 1 is 1.20 bits per heavy atom. The summed E-state index contributed by atoms with van der Waals surface area (Å²) in [5.41, 5.74) is 3.28. The summed E-state index contributed by atoms with van der Waals surface area (Å²) in [6.45, 7) is 0.671. The molecule has 1 unspecified atom stereocenters. The highest BCUT2D eigenvalue weighted by atomic mass is 79.9. The van der Waals surface area contributed by atoms with Gasteiger partial charge in [0.15, 0.2) is 11.5 Å². The van der Waals surface area contributed by atoms with Gasteiger partial charge < -0.3 is 14.6 Å². The van der Waals surface area contributed by atoms with E-state index in [4.69, 9.17) is 9.47 Å². The third-order valence-corrected chi connectivity index (χ3v) is 5.03. The van der Waals surface area contributed by atoms with Gasteiger partial charge in [-0.2, -0.15) is 0 Å². The zero-order chi connectivity index (χ0) is 18.0. The number of carbonyl (C=O) groups is 1. The van der Waals surface area contributed by atoms with Gasteiger partial charge in [-0.1, -0.05) is 28.1 Å². The monoisotopic (exact) mass is 405 g/mol. The van der Waals surface area contributed by atoms with E-state index in [2.05, 4.69) is 15.9 Å². The van der Waals surface area contributed by atoms with Crippen molar-refractivity contribution in [2.75, 3.05) is 27.3 Å². The maximum atomic E-state index is 11.3. The first kappa shape index (κ1) is 17.8. The molecule has 0 saturated carbocycles. The Hall–Kier alpha value is -2.05. The van der Waals surface area contributed by atoms with E-state index >= 15 is 0 Å². The SMILES string of the molecule is COc1cc2c(cc1OC)C(c1ccc(Br)cc1)N(CC(=O)O)CC2. The average molecular weight is 406 g/mol. The first-order chi connectivity index (χ1) is 12.0. The minimum Gasteiger partial charge on any atom is -0.493 e. The van der Waals surface area contributed by atoms with Crippen LogP contribution in [0.25, 0.3) is 0 Å². The first-order valence-corrected chi connectivity index (χ1v) is 8.79. The maximum Gasteiger partial charge on any atom is 0.317 e. The third kappa shape index (κ3) is 3.65. The molecule has 0 amide bonds. The number of nitrogens with zero attached hydrogens (tertiary/aromatic N) is 1. The molecule has 1 heterocycles. The minimum atomic E-state index is -0.828. The molecule has 1 aliphatic heterocycles. The van der Waals surface area contributed by atoms with E-state index in [-0.39, 0.29) is 12.6 Å². The van der Waals surface area contributed by atoms with Crippen molar-refractivity contribution in [1.82, 2.24) is 4.90 Å². The molecular weight excluding hydrogens is 386 g/mol. The fraction of sp³-hybridized carbons (Fsp3) is 0.316. The highest BCUT2D eigenvalue weighted by Crippen LogP contribution is 2.41. The van der Waals surface area contributed by atoms with E-state index in [1.54, 1.807) is 14.2 Å². The Balaban J connectivity index is 2.12. The van der Waals surface area contributed by atoms with E-state index < -0.39 is 5.97 Å². The van der Waals surface area contributed by atoms with Crippen LogP contribution in [0, 0.1) is 0 Å². The van der Waals surface area contributed by atoms with Gasteiger partial charge in [0, 0.05) is 11.0 Å². The van der Waals surface area contributed by atoms with Crippen LogP contribution in [0.3, 0.4) is 0 Å². The summed E-state index contributed by atoms with van der Waals surface area (Å²) < 4.78 is 11.9. The molecule has 1 aliphatic rings. The third-order valence-electron chi connectivity index (χ3n) is 4.50. The van der Waals surface area contributed by atoms with E-state index in [0.717, 1.165) is 27.6 Å². The summed E-state index contributed by atoms with van der Waals surface area (Å²) in [6, 6.07) is 11.8. The summed E-state index contributed by atoms with van der Waals surface area (Å²) in [7, 11) is 3.23. The number of aliphatic carboxylic acids is 1. The number of halogens is 1. The van der Waals surface area contributed by atoms with Crippen LogP contribution >= 0.6 is 15.9 Å². The lowest BCUT2D eigenvalue weighted by molar-refractivity contribution is -0.138. The first-order valence-electron chi connectivity index (χ1n) is 7.99. The number of carboxylic acids is 1. The van der Waals surface area contributed by atoms with Crippen molar-refractivity contribution >= 4 is 21.9 Å². The van der Waals surface area contributed by atoms with E-state index in [9.17, 15) is 9.90 Å². The average Bonchev–Trinajstić information content (AvgIpc) is 2.61. The number of hydrogen-bond acceptors (Lipinski definition) is 4. The molecule has 1 N–H and O–H groups in total. The minimum absolute atomic E-state index is 0.00544. The van der Waals surface area contributed by atoms with Crippen molar-refractivity contribution in [3.8, 4) is 11.5 Å². The molecule has 0 saturated heterocycles. The van der Waals surface area contributed by atoms with Gasteiger partial charge in [0.2, 0.25) is 0 Å². The standard InChI is InChI=1S/C19H20BrNO4/c1-24-16-9-13-7-8-21(11-18(22)23)19(15(13)10-17(16)25-2)12-3-5-14(20)6-4-12/h3-6,9-10,19H,7-8,11H2,1-2H3,(H,22,23). The van der Waals surface area contributed by atoms with Crippen LogP contribution in [-0.4, -0.2) is 43.3 Å². The Kier molecular flexibility index (Phi) is 5.30. The highest BCUT2D eigenvalue weighted by molar-refractivity contribution is 9.10. The number of hydrogen-bond donors (Lipinski definition) is 1. The summed E-state index contributed by atoms with van der Waals surface area (Å²) in [4.78, 5) is 13.3. The smallest absolute Gasteiger partial charge is 0.317 e. The molecule has 0 radical (unpaired) electrons. The number of ether oxygens (including phenoxy) is 2. The van der Waals surface area contributed by atoms with Gasteiger partial charge in [0.25, 0.3) is 0 Å². The van der Waals surface area contributed by atoms with Gasteiger partial charge in [-0.15, -0.1) is 0 Å². The Bertz CT molecular complexity index is 776. The van der Waals surface area contributed by atoms with E-state index in [0.29, 0.717) is 18.0 Å². The van der Waals surface area contributed by atoms with E-state index in [1.807, 2.05) is 41.3 Å². The topological polar surface area (TPSA) is 59.0 Å². The molecule has 0 aliphatic carbocycles. The highest BCUT2D eigenvalue weighted by Gasteiger charge is 2.31. The second-order valence-electron chi connectivity index (χ2n) is 5.97. The summed E-state index contributed by atoms with van der Waals surface area (Å²) in [5, 5.41) is 9.31. The van der Waals surface area contributed by atoms with Gasteiger partial charge in [-0.05, 0) is 47.4 Å². The van der Waals surface area contributed by atoms with Crippen LogP contribution in [0.5, 0.6) is 11.5 Å². The molecule has 0 bridgehead atoms. The molecule has 3 rings (SSSR count). The molecule has 0 spiro atoms.